The van der Waals surface area contributed by atoms with Gasteiger partial charge in [-0.05, 0) is 96.0 Å². The summed E-state index contributed by atoms with van der Waals surface area (Å²) in [5, 5.41) is 18.8. The van der Waals surface area contributed by atoms with Crippen LogP contribution in [0.2, 0.25) is 0 Å². The maximum absolute atomic E-state index is 14.0. The fourth-order valence-corrected chi connectivity index (χ4v) is 8.30. The third-order valence-electron chi connectivity index (χ3n) is 10.9. The fourth-order valence-electron chi connectivity index (χ4n) is 8.30. The smallest absolute Gasteiger partial charge is 0.422 e. The van der Waals surface area contributed by atoms with Crippen molar-refractivity contribution in [1.29, 1.82) is 0 Å². The Labute approximate surface area is 325 Å². The topological polar surface area (TPSA) is 129 Å². The van der Waals surface area contributed by atoms with E-state index in [2.05, 4.69) is 26.6 Å². The maximum atomic E-state index is 14.0. The summed E-state index contributed by atoms with van der Waals surface area (Å²) in [7, 11) is 0. The number of anilines is 1. The minimum Gasteiger partial charge on any atom is -0.481 e. The highest BCUT2D eigenvalue weighted by molar-refractivity contribution is 6.07. The molecule has 302 valence electrons. The van der Waals surface area contributed by atoms with Crippen molar-refractivity contribution >= 4 is 39.8 Å². The van der Waals surface area contributed by atoms with Gasteiger partial charge in [0.2, 0.25) is 0 Å². The van der Waals surface area contributed by atoms with Gasteiger partial charge in [0.1, 0.15) is 23.0 Å². The number of hydrogen-bond donors (Lipinski definition) is 2. The molecule has 3 aliphatic heterocycles. The van der Waals surface area contributed by atoms with Gasteiger partial charge in [0, 0.05) is 67.6 Å². The first-order valence-corrected chi connectivity index (χ1v) is 19.3. The lowest BCUT2D eigenvalue weighted by molar-refractivity contribution is -0.153. The summed E-state index contributed by atoms with van der Waals surface area (Å²) < 4.78 is 60.0. The van der Waals surface area contributed by atoms with Crippen LogP contribution in [0.3, 0.4) is 0 Å². The first-order valence-electron chi connectivity index (χ1n) is 19.3. The van der Waals surface area contributed by atoms with E-state index in [1.165, 1.54) is 0 Å². The zero-order valence-corrected chi connectivity index (χ0v) is 33.1. The molecule has 15 heteroatoms. The second-order valence-electron chi connectivity index (χ2n) is 17.3. The number of aromatic nitrogens is 4. The summed E-state index contributed by atoms with van der Waals surface area (Å²) in [6.45, 7) is 17.9. The van der Waals surface area contributed by atoms with Crippen molar-refractivity contribution < 1.29 is 37.3 Å². The molecule has 1 spiro atoms. The molecular formula is C41H52F3N7O5. The highest BCUT2D eigenvalue weighted by Crippen LogP contribution is 2.48. The summed E-state index contributed by atoms with van der Waals surface area (Å²) >= 11 is 0. The minimum atomic E-state index is -4.63. The van der Waals surface area contributed by atoms with Gasteiger partial charge in [0.15, 0.2) is 12.4 Å². The lowest BCUT2D eigenvalue weighted by atomic mass is 9.72. The van der Waals surface area contributed by atoms with E-state index in [4.69, 9.17) is 24.2 Å². The monoisotopic (exact) mass is 779 g/mol. The number of piperidine rings is 2. The molecular weight excluding hydrogens is 727 g/mol. The number of hydrogen-bond acceptors (Lipinski definition) is 10. The average Bonchev–Trinajstić information content (AvgIpc) is 3.57. The second kappa shape index (κ2) is 14.7. The number of rotatable bonds is 9. The molecule has 2 N–H and O–H groups in total. The van der Waals surface area contributed by atoms with Gasteiger partial charge in [-0.2, -0.15) is 28.2 Å². The molecule has 0 saturated carbocycles. The first kappa shape index (κ1) is 39.6. The number of nitrogens with one attached hydrogen (secondary N) is 1. The molecule has 0 radical (unpaired) electrons. The Morgan fingerprint density at radius 3 is 2.36 bits per heavy atom. The predicted molar refractivity (Wildman–Crippen MR) is 209 cm³/mol. The van der Waals surface area contributed by atoms with Crippen LogP contribution in [-0.2, 0) is 4.74 Å². The van der Waals surface area contributed by atoms with Crippen LogP contribution in [0.25, 0.3) is 39.0 Å². The maximum Gasteiger partial charge on any atom is 0.422 e. The quantitative estimate of drug-likeness (QED) is 0.176. The Bertz CT molecular complexity index is 2100. The molecule has 5 heterocycles. The lowest BCUT2D eigenvalue weighted by Gasteiger charge is -2.53. The Hall–Kier alpha value is -4.63. The van der Waals surface area contributed by atoms with Crippen LogP contribution in [0.1, 0.15) is 71.4 Å². The molecule has 7 rings (SSSR count). The largest absolute Gasteiger partial charge is 0.481 e. The van der Waals surface area contributed by atoms with E-state index in [0.29, 0.717) is 92.1 Å². The predicted octanol–water partition coefficient (Wildman–Crippen LogP) is 7.52. The lowest BCUT2D eigenvalue weighted by Crippen LogP contribution is -2.62. The number of benzene rings is 2. The minimum absolute atomic E-state index is 0.0412. The number of aliphatic hydroxyl groups is 1. The van der Waals surface area contributed by atoms with Crippen LogP contribution in [-0.4, -0.2) is 117 Å². The van der Waals surface area contributed by atoms with Crippen LogP contribution in [0.4, 0.5) is 23.8 Å². The number of carbonyl (C=O) groups is 1. The highest BCUT2D eigenvalue weighted by atomic mass is 19.4. The number of alkyl halides is 3. The number of β-amino-alcohol motifs (C(OH)–C–C–N with tert-alkyl or cyclic N) is 1. The van der Waals surface area contributed by atoms with Crippen molar-refractivity contribution in [1.82, 2.24) is 30.0 Å². The fraction of sp³-hybridized carbons (Fsp3) is 0.561. The molecule has 0 atom stereocenters. The van der Waals surface area contributed by atoms with Crippen molar-refractivity contribution in [3.63, 3.8) is 0 Å². The number of likely N-dealkylation sites (tertiary alicyclic amines) is 2. The molecule has 12 nitrogen and oxygen atoms in total. The zero-order chi connectivity index (χ0) is 40.2. The van der Waals surface area contributed by atoms with Gasteiger partial charge in [0.25, 0.3) is 0 Å². The van der Waals surface area contributed by atoms with Gasteiger partial charge >= 0.3 is 18.3 Å². The van der Waals surface area contributed by atoms with E-state index in [9.17, 15) is 23.1 Å². The van der Waals surface area contributed by atoms with Crippen molar-refractivity contribution in [2.24, 2.45) is 5.41 Å². The molecule has 3 aliphatic rings. The number of aromatic amines is 1. The molecule has 0 aliphatic carbocycles. The van der Waals surface area contributed by atoms with Crippen molar-refractivity contribution in [3.05, 3.63) is 42.1 Å². The van der Waals surface area contributed by atoms with E-state index in [1.54, 1.807) is 31.0 Å². The standard InChI is InChI=1S/C41H52F3N7O5/c1-8-26-19-28-33(34(54-24-41(42,43)44)32(26)31-25(2)9-10-30-29(31)20-45-48-30)46-36(55-27-11-15-49(16-12-27)21-39(6,7)53)47-35(28)50-17-13-40(14-18-50)22-51(23-40)37(52)56-38(3,4)5/h8-10,19-20,27,53H,1,11-18,21-24H2,2-7H3,(H,45,48). The molecule has 4 aromatic rings. The van der Waals surface area contributed by atoms with Crippen molar-refractivity contribution in [3.8, 4) is 22.9 Å². The SMILES string of the molecule is C=Cc1cc2c(N3CCC4(CC3)CN(C(=O)OC(C)(C)C)C4)nc(OC3CCN(CC(C)(C)O)CC3)nc2c(OCC(F)(F)F)c1-c1c(C)ccc2[nH]ncc12. The number of aryl methyl sites for hydroxylation is 1. The van der Waals surface area contributed by atoms with Gasteiger partial charge in [-0.3, -0.25) is 5.10 Å². The highest BCUT2D eigenvalue weighted by Gasteiger charge is 2.48. The van der Waals surface area contributed by atoms with Gasteiger partial charge in [-0.1, -0.05) is 18.7 Å². The van der Waals surface area contributed by atoms with Gasteiger partial charge in [-0.15, -0.1) is 0 Å². The van der Waals surface area contributed by atoms with Crippen LogP contribution >= 0.6 is 0 Å². The summed E-state index contributed by atoms with van der Waals surface area (Å²) in [4.78, 5) is 28.6. The Morgan fingerprint density at radius 1 is 1.04 bits per heavy atom. The Balaban J connectivity index is 1.29. The van der Waals surface area contributed by atoms with Crippen molar-refractivity contribution in [2.45, 2.75) is 90.7 Å². The van der Waals surface area contributed by atoms with Crippen molar-refractivity contribution in [2.75, 3.05) is 57.3 Å². The summed E-state index contributed by atoms with van der Waals surface area (Å²) in [5.41, 5.74) is 1.89. The third kappa shape index (κ3) is 8.53. The first-order chi connectivity index (χ1) is 26.3. The van der Waals surface area contributed by atoms with E-state index in [-0.39, 0.29) is 34.9 Å². The van der Waals surface area contributed by atoms with Gasteiger partial charge in [0.05, 0.1) is 17.3 Å². The van der Waals surface area contributed by atoms with E-state index >= 15 is 0 Å². The molecule has 56 heavy (non-hydrogen) atoms. The molecule has 0 bridgehead atoms. The number of halogens is 3. The van der Waals surface area contributed by atoms with Gasteiger partial charge < -0.3 is 34.0 Å². The van der Waals surface area contributed by atoms with Gasteiger partial charge in [-0.25, -0.2) is 4.79 Å². The normalized spacial score (nSPS) is 18.4. The molecule has 2 aromatic heterocycles. The Kier molecular flexibility index (Phi) is 10.4. The van der Waals surface area contributed by atoms with Crippen LogP contribution < -0.4 is 14.4 Å². The molecule has 2 aromatic carbocycles. The summed E-state index contributed by atoms with van der Waals surface area (Å²) in [6.07, 6.45) is 0.950. The van der Waals surface area contributed by atoms with Crippen LogP contribution in [0.15, 0.2) is 31.0 Å². The van der Waals surface area contributed by atoms with E-state index < -0.39 is 24.0 Å². The number of carbonyl (C=O) groups excluding carboxylic acids is 1. The molecule has 3 saturated heterocycles. The van der Waals surface area contributed by atoms with E-state index in [0.717, 1.165) is 23.8 Å². The van der Waals surface area contributed by atoms with Crippen LogP contribution in [0.5, 0.6) is 11.8 Å². The second-order valence-corrected chi connectivity index (χ2v) is 17.3. The number of nitrogens with zero attached hydrogens (tertiary/aromatic N) is 6. The molecule has 3 fully saturated rings. The van der Waals surface area contributed by atoms with Crippen LogP contribution in [0, 0.1) is 12.3 Å². The number of H-pyrrole nitrogens is 1. The summed E-state index contributed by atoms with van der Waals surface area (Å²) in [6, 6.07) is 5.70. The number of ether oxygens (including phenoxy) is 3. The zero-order valence-electron chi connectivity index (χ0n) is 33.1. The molecule has 0 unspecified atom stereocenters. The Morgan fingerprint density at radius 2 is 1.73 bits per heavy atom. The third-order valence-corrected chi connectivity index (χ3v) is 10.9. The average molecular weight is 780 g/mol. The number of amides is 1. The molecule has 1 amide bonds. The number of fused-ring (bicyclic) bond motifs is 2. The van der Waals surface area contributed by atoms with E-state index in [1.807, 2.05) is 45.9 Å². The summed E-state index contributed by atoms with van der Waals surface area (Å²) in [5.74, 6) is 0.493.